The fourth-order valence-electron chi connectivity index (χ4n) is 3.60. The second kappa shape index (κ2) is 7.52. The van der Waals surface area contributed by atoms with Gasteiger partial charge in [-0.15, -0.1) is 0 Å². The molecule has 0 saturated carbocycles. The Balaban J connectivity index is 1.34. The summed E-state index contributed by atoms with van der Waals surface area (Å²) in [5, 5.41) is 4.68. The van der Waals surface area contributed by atoms with Gasteiger partial charge in [0.05, 0.1) is 23.1 Å². The van der Waals surface area contributed by atoms with Crippen molar-refractivity contribution < 1.29 is 23.2 Å². The lowest BCUT2D eigenvalue weighted by Gasteiger charge is -2.15. The highest BCUT2D eigenvalue weighted by molar-refractivity contribution is 6.36. The predicted molar refractivity (Wildman–Crippen MR) is 112 cm³/mol. The molecule has 0 radical (unpaired) electrons. The van der Waals surface area contributed by atoms with E-state index in [1.165, 1.54) is 6.07 Å². The second-order valence-corrected chi connectivity index (χ2v) is 7.30. The summed E-state index contributed by atoms with van der Waals surface area (Å²) in [4.78, 5) is 26.0. The van der Waals surface area contributed by atoms with Crippen LogP contribution < -0.4 is 4.74 Å². The van der Waals surface area contributed by atoms with Crippen LogP contribution >= 0.6 is 11.6 Å². The number of ether oxygens (including phenoxy) is 1. The monoisotopic (exact) mass is 436 g/mol. The van der Waals surface area contributed by atoms with Crippen molar-refractivity contribution in [1.29, 1.82) is 0 Å². The summed E-state index contributed by atoms with van der Waals surface area (Å²) in [5.74, 6) is -0.817. The van der Waals surface area contributed by atoms with Gasteiger partial charge in [-0.2, -0.15) is 0 Å². The van der Waals surface area contributed by atoms with Gasteiger partial charge >= 0.3 is 0 Å². The molecule has 0 atom stereocenters. The van der Waals surface area contributed by atoms with Gasteiger partial charge in [-0.1, -0.05) is 41.0 Å². The SMILES string of the molecule is O=C1c2ccccc2C(=O)N1CCOc1ccc2c(-c3ccccc3F)noc2c1Cl. The molecule has 0 spiro atoms. The van der Waals surface area contributed by atoms with Crippen LogP contribution in [0.15, 0.2) is 65.2 Å². The lowest BCUT2D eigenvalue weighted by atomic mass is 10.1. The Labute approximate surface area is 180 Å². The summed E-state index contributed by atoms with van der Waals surface area (Å²) in [7, 11) is 0. The zero-order chi connectivity index (χ0) is 21.5. The molecule has 154 valence electrons. The van der Waals surface area contributed by atoms with Crippen molar-refractivity contribution in [3.63, 3.8) is 0 Å². The molecule has 1 aromatic heterocycles. The number of fused-ring (bicyclic) bond motifs is 2. The van der Waals surface area contributed by atoms with Crippen LogP contribution in [0.1, 0.15) is 20.7 Å². The molecule has 0 unspecified atom stereocenters. The number of carbonyl (C=O) groups excluding carboxylic acids is 2. The van der Waals surface area contributed by atoms with Gasteiger partial charge in [0.1, 0.15) is 28.9 Å². The summed E-state index contributed by atoms with van der Waals surface area (Å²) in [6.07, 6.45) is 0. The zero-order valence-corrected chi connectivity index (χ0v) is 16.7. The van der Waals surface area contributed by atoms with E-state index < -0.39 is 5.82 Å². The molecule has 0 aliphatic carbocycles. The molecule has 1 aliphatic rings. The zero-order valence-electron chi connectivity index (χ0n) is 16.0. The van der Waals surface area contributed by atoms with Crippen LogP contribution in [-0.4, -0.2) is 35.0 Å². The molecule has 2 amide bonds. The van der Waals surface area contributed by atoms with E-state index in [-0.39, 0.29) is 35.6 Å². The highest BCUT2D eigenvalue weighted by atomic mass is 35.5. The van der Waals surface area contributed by atoms with E-state index in [1.54, 1.807) is 54.6 Å². The van der Waals surface area contributed by atoms with Crippen molar-refractivity contribution in [2.24, 2.45) is 0 Å². The molecule has 6 nitrogen and oxygen atoms in total. The third-order valence-electron chi connectivity index (χ3n) is 5.12. The van der Waals surface area contributed by atoms with E-state index in [0.29, 0.717) is 33.5 Å². The van der Waals surface area contributed by atoms with Crippen molar-refractivity contribution >= 4 is 34.4 Å². The predicted octanol–water partition coefficient (Wildman–Crippen LogP) is 4.96. The molecule has 2 heterocycles. The summed E-state index contributed by atoms with van der Waals surface area (Å²) >= 11 is 6.41. The lowest BCUT2D eigenvalue weighted by molar-refractivity contribution is 0.0631. The Morgan fingerprint density at radius 3 is 2.26 bits per heavy atom. The largest absolute Gasteiger partial charge is 0.490 e. The number of amides is 2. The van der Waals surface area contributed by atoms with Gasteiger partial charge in [0.15, 0.2) is 5.58 Å². The Bertz CT molecular complexity index is 1320. The average molecular weight is 437 g/mol. The van der Waals surface area contributed by atoms with Gasteiger partial charge in [0.25, 0.3) is 11.8 Å². The molecule has 0 fully saturated rings. The first-order chi connectivity index (χ1) is 15.1. The Morgan fingerprint density at radius 1 is 0.935 bits per heavy atom. The molecule has 8 heteroatoms. The van der Waals surface area contributed by atoms with Gasteiger partial charge in [-0.3, -0.25) is 14.5 Å². The molecule has 4 aromatic rings. The molecule has 3 aromatic carbocycles. The molecule has 0 N–H and O–H groups in total. The maximum absolute atomic E-state index is 14.1. The van der Waals surface area contributed by atoms with Crippen molar-refractivity contribution in [1.82, 2.24) is 10.1 Å². The number of hydrogen-bond acceptors (Lipinski definition) is 5. The first kappa shape index (κ1) is 19.3. The third-order valence-corrected chi connectivity index (χ3v) is 5.48. The number of halogens is 2. The number of imide groups is 1. The van der Waals surface area contributed by atoms with E-state index in [0.717, 1.165) is 4.90 Å². The van der Waals surface area contributed by atoms with Crippen molar-refractivity contribution in [3.05, 3.63) is 82.6 Å². The smallest absolute Gasteiger partial charge is 0.261 e. The van der Waals surface area contributed by atoms with Crippen LogP contribution in [0, 0.1) is 5.82 Å². The third kappa shape index (κ3) is 3.14. The molecule has 0 saturated heterocycles. The van der Waals surface area contributed by atoms with E-state index >= 15 is 0 Å². The second-order valence-electron chi connectivity index (χ2n) is 6.92. The maximum Gasteiger partial charge on any atom is 0.261 e. The average Bonchev–Trinajstić information content (AvgIpc) is 3.31. The number of benzene rings is 3. The topological polar surface area (TPSA) is 72.6 Å². The van der Waals surface area contributed by atoms with Crippen LogP contribution in [0.2, 0.25) is 5.02 Å². The Kier molecular flexibility index (Phi) is 4.67. The first-order valence-corrected chi connectivity index (χ1v) is 9.85. The van der Waals surface area contributed by atoms with Gasteiger partial charge in [0.2, 0.25) is 0 Å². The first-order valence-electron chi connectivity index (χ1n) is 9.47. The van der Waals surface area contributed by atoms with Crippen LogP contribution in [-0.2, 0) is 0 Å². The van der Waals surface area contributed by atoms with E-state index in [9.17, 15) is 14.0 Å². The number of carbonyl (C=O) groups is 2. The highest BCUT2D eigenvalue weighted by Crippen LogP contribution is 2.38. The Morgan fingerprint density at radius 2 is 1.58 bits per heavy atom. The quantitative estimate of drug-likeness (QED) is 0.413. The van der Waals surface area contributed by atoms with Gasteiger partial charge < -0.3 is 9.26 Å². The molecular formula is C23H14ClFN2O4. The number of nitrogens with zero attached hydrogens (tertiary/aromatic N) is 2. The van der Waals surface area contributed by atoms with Gasteiger partial charge in [0, 0.05) is 5.56 Å². The van der Waals surface area contributed by atoms with Crippen molar-refractivity contribution in [2.45, 2.75) is 0 Å². The number of aromatic nitrogens is 1. The lowest BCUT2D eigenvalue weighted by Crippen LogP contribution is -2.33. The molecule has 5 rings (SSSR count). The van der Waals surface area contributed by atoms with Crippen molar-refractivity contribution in [2.75, 3.05) is 13.2 Å². The van der Waals surface area contributed by atoms with Gasteiger partial charge in [-0.25, -0.2) is 4.39 Å². The summed E-state index contributed by atoms with van der Waals surface area (Å²) < 4.78 is 25.2. The van der Waals surface area contributed by atoms with Crippen LogP contribution in [0.25, 0.3) is 22.2 Å². The molecule has 0 bridgehead atoms. The highest BCUT2D eigenvalue weighted by Gasteiger charge is 2.34. The number of rotatable bonds is 5. The maximum atomic E-state index is 14.1. The molecule has 1 aliphatic heterocycles. The molecule has 31 heavy (non-hydrogen) atoms. The van der Waals surface area contributed by atoms with Crippen LogP contribution in [0.5, 0.6) is 5.75 Å². The van der Waals surface area contributed by atoms with E-state index in [2.05, 4.69) is 5.16 Å². The summed E-state index contributed by atoms with van der Waals surface area (Å²) in [6.45, 7) is 0.114. The standard InChI is InChI=1S/C23H14ClFN2O4/c24-19-18(30-12-11-27-22(28)13-5-1-2-6-14(13)23(27)29)10-9-16-20(26-31-21(16)19)15-7-3-4-8-17(15)25/h1-10H,11-12H2. The normalized spacial score (nSPS) is 13.2. The fraction of sp³-hybridized carbons (Fsp3) is 0.0870. The van der Waals surface area contributed by atoms with Crippen molar-refractivity contribution in [3.8, 4) is 17.0 Å². The fourth-order valence-corrected chi connectivity index (χ4v) is 3.86. The van der Waals surface area contributed by atoms with E-state index in [1.807, 2.05) is 0 Å². The van der Waals surface area contributed by atoms with Crippen LogP contribution in [0.3, 0.4) is 0 Å². The minimum Gasteiger partial charge on any atom is -0.490 e. The summed E-state index contributed by atoms with van der Waals surface area (Å²) in [6, 6.07) is 16.2. The summed E-state index contributed by atoms with van der Waals surface area (Å²) in [5.41, 5.74) is 1.67. The number of hydrogen-bond donors (Lipinski definition) is 0. The minimum absolute atomic E-state index is 0.0466. The Hall–Kier alpha value is -3.71. The van der Waals surface area contributed by atoms with Gasteiger partial charge in [-0.05, 0) is 36.4 Å². The minimum atomic E-state index is -0.421. The van der Waals surface area contributed by atoms with E-state index in [4.69, 9.17) is 20.9 Å². The molecular weight excluding hydrogens is 423 g/mol. The van der Waals surface area contributed by atoms with Crippen LogP contribution in [0.4, 0.5) is 4.39 Å².